The Morgan fingerprint density at radius 2 is 1.95 bits per heavy atom. The van der Waals surface area contributed by atoms with Crippen molar-refractivity contribution in [2.75, 3.05) is 26.2 Å². The molecule has 0 atom stereocenters. The van der Waals surface area contributed by atoms with E-state index in [1.165, 1.54) is 5.56 Å². The van der Waals surface area contributed by atoms with Crippen LogP contribution >= 0.6 is 0 Å². The van der Waals surface area contributed by atoms with Crippen molar-refractivity contribution in [3.8, 4) is 0 Å². The van der Waals surface area contributed by atoms with Crippen molar-refractivity contribution in [1.29, 1.82) is 0 Å². The minimum Gasteiger partial charge on any atom is -0.309 e. The van der Waals surface area contributed by atoms with Crippen LogP contribution < -0.4 is 10.0 Å². The van der Waals surface area contributed by atoms with Crippen molar-refractivity contribution >= 4 is 10.0 Å². The van der Waals surface area contributed by atoms with Crippen LogP contribution in [0.2, 0.25) is 0 Å². The van der Waals surface area contributed by atoms with E-state index in [-0.39, 0.29) is 0 Å². The quantitative estimate of drug-likeness (QED) is 0.760. The van der Waals surface area contributed by atoms with Gasteiger partial charge in [0.2, 0.25) is 10.0 Å². The first-order chi connectivity index (χ1) is 10.1. The summed E-state index contributed by atoms with van der Waals surface area (Å²) in [5.74, 6) is 0. The Morgan fingerprint density at radius 3 is 2.67 bits per heavy atom. The number of benzene rings is 1. The second kappa shape index (κ2) is 7.35. The van der Waals surface area contributed by atoms with Gasteiger partial charge in [0.05, 0.1) is 4.90 Å². The number of hydrogen-bond donors (Lipinski definition) is 2. The van der Waals surface area contributed by atoms with Crippen molar-refractivity contribution in [2.45, 2.75) is 38.3 Å². The molecule has 0 amide bonds. The second-order valence-electron chi connectivity index (χ2n) is 5.37. The van der Waals surface area contributed by atoms with E-state index in [1.54, 1.807) is 12.1 Å². The van der Waals surface area contributed by atoms with Crippen LogP contribution in [-0.4, -0.2) is 39.5 Å². The van der Waals surface area contributed by atoms with E-state index in [0.29, 0.717) is 11.4 Å². The van der Waals surface area contributed by atoms with Crippen LogP contribution in [0.1, 0.15) is 31.4 Å². The third kappa shape index (κ3) is 4.26. The molecule has 1 aliphatic rings. The molecule has 0 saturated heterocycles. The summed E-state index contributed by atoms with van der Waals surface area (Å²) in [4.78, 5) is 2.61. The first kappa shape index (κ1) is 16.4. The molecule has 118 valence electrons. The maximum absolute atomic E-state index is 12.3. The predicted molar refractivity (Wildman–Crippen MR) is 84.6 cm³/mol. The highest BCUT2D eigenvalue weighted by atomic mass is 32.2. The molecule has 0 bridgehead atoms. The molecule has 0 radical (unpaired) electrons. The van der Waals surface area contributed by atoms with Gasteiger partial charge in [0.1, 0.15) is 0 Å². The Bertz CT molecular complexity index is 572. The van der Waals surface area contributed by atoms with Crippen LogP contribution in [-0.2, 0) is 23.1 Å². The Labute approximate surface area is 127 Å². The third-order valence-electron chi connectivity index (χ3n) is 3.83. The van der Waals surface area contributed by atoms with Gasteiger partial charge in [-0.1, -0.05) is 19.9 Å². The molecule has 1 aliphatic heterocycles. The summed E-state index contributed by atoms with van der Waals surface area (Å²) in [6.07, 6.45) is 1.08. The van der Waals surface area contributed by atoms with Crippen LogP contribution in [0.15, 0.2) is 23.1 Å². The minimum absolute atomic E-state index is 0.364. The molecule has 21 heavy (non-hydrogen) atoms. The molecule has 1 heterocycles. The zero-order chi connectivity index (χ0) is 15.3. The molecule has 2 N–H and O–H groups in total. The molecule has 0 aromatic heterocycles. The lowest BCUT2D eigenvalue weighted by Gasteiger charge is -2.19. The SMILES string of the molecule is CCCN(CC)CCNS(=O)(=O)c1ccc2c(c1)CNC2. The lowest BCUT2D eigenvalue weighted by molar-refractivity contribution is 0.293. The van der Waals surface area contributed by atoms with E-state index >= 15 is 0 Å². The van der Waals surface area contributed by atoms with Gasteiger partial charge in [-0.25, -0.2) is 13.1 Å². The molecule has 2 rings (SSSR count). The van der Waals surface area contributed by atoms with Crippen molar-refractivity contribution in [2.24, 2.45) is 0 Å². The standard InChI is InChI=1S/C15H25N3O2S/c1-3-8-18(4-2)9-7-17-21(19,20)15-6-5-13-11-16-12-14(13)10-15/h5-6,10,16-17H,3-4,7-9,11-12H2,1-2H3. The Hall–Kier alpha value is -0.950. The predicted octanol–water partition coefficient (Wildman–Crippen LogP) is 1.30. The van der Waals surface area contributed by atoms with Gasteiger partial charge in [-0.15, -0.1) is 0 Å². The van der Waals surface area contributed by atoms with Gasteiger partial charge in [-0.3, -0.25) is 0 Å². The van der Waals surface area contributed by atoms with Crippen LogP contribution in [0.3, 0.4) is 0 Å². The lowest BCUT2D eigenvalue weighted by Crippen LogP contribution is -2.35. The molecular weight excluding hydrogens is 286 g/mol. The summed E-state index contributed by atoms with van der Waals surface area (Å²) in [5.41, 5.74) is 2.27. The van der Waals surface area contributed by atoms with Gasteiger partial charge in [0.15, 0.2) is 0 Å². The van der Waals surface area contributed by atoms with Gasteiger partial charge in [0, 0.05) is 26.2 Å². The summed E-state index contributed by atoms with van der Waals surface area (Å²) in [5, 5.41) is 3.22. The number of nitrogens with one attached hydrogen (secondary N) is 2. The fourth-order valence-electron chi connectivity index (χ4n) is 2.60. The van der Waals surface area contributed by atoms with Crippen LogP contribution in [0, 0.1) is 0 Å². The molecule has 0 saturated carbocycles. The van der Waals surface area contributed by atoms with Gasteiger partial charge in [0.25, 0.3) is 0 Å². The monoisotopic (exact) mass is 311 g/mol. The van der Waals surface area contributed by atoms with Crippen molar-refractivity contribution < 1.29 is 8.42 Å². The maximum atomic E-state index is 12.3. The summed E-state index contributed by atoms with van der Waals surface area (Å²) < 4.78 is 27.3. The third-order valence-corrected chi connectivity index (χ3v) is 5.28. The van der Waals surface area contributed by atoms with Crippen LogP contribution in [0.4, 0.5) is 0 Å². The van der Waals surface area contributed by atoms with E-state index < -0.39 is 10.0 Å². The van der Waals surface area contributed by atoms with E-state index in [9.17, 15) is 8.42 Å². The zero-order valence-electron chi connectivity index (χ0n) is 12.9. The minimum atomic E-state index is -3.41. The van der Waals surface area contributed by atoms with E-state index in [1.807, 2.05) is 6.07 Å². The average Bonchev–Trinajstić information content (AvgIpc) is 2.93. The summed E-state index contributed by atoms with van der Waals surface area (Å²) in [6.45, 7) is 8.94. The Balaban J connectivity index is 1.95. The first-order valence-corrected chi connectivity index (χ1v) is 9.09. The molecule has 1 aromatic rings. The highest BCUT2D eigenvalue weighted by molar-refractivity contribution is 7.89. The summed E-state index contributed by atoms with van der Waals surface area (Å²) in [7, 11) is -3.41. The van der Waals surface area contributed by atoms with Gasteiger partial charge in [-0.2, -0.15) is 0 Å². The molecular formula is C15H25N3O2S. The number of likely N-dealkylation sites (N-methyl/N-ethyl adjacent to an activating group) is 1. The highest BCUT2D eigenvalue weighted by Gasteiger charge is 2.18. The number of sulfonamides is 1. The zero-order valence-corrected chi connectivity index (χ0v) is 13.7. The average molecular weight is 311 g/mol. The number of rotatable bonds is 8. The maximum Gasteiger partial charge on any atom is 0.240 e. The van der Waals surface area contributed by atoms with Crippen LogP contribution in [0.5, 0.6) is 0 Å². The Morgan fingerprint density at radius 1 is 1.19 bits per heavy atom. The molecule has 6 heteroatoms. The lowest BCUT2D eigenvalue weighted by atomic mass is 10.1. The van der Waals surface area contributed by atoms with Crippen molar-refractivity contribution in [3.05, 3.63) is 29.3 Å². The molecule has 0 unspecified atom stereocenters. The highest BCUT2D eigenvalue weighted by Crippen LogP contribution is 2.19. The molecule has 0 spiro atoms. The smallest absolute Gasteiger partial charge is 0.240 e. The molecule has 1 aromatic carbocycles. The summed E-state index contributed by atoms with van der Waals surface area (Å²) in [6, 6.07) is 5.37. The van der Waals surface area contributed by atoms with Gasteiger partial charge < -0.3 is 10.2 Å². The molecule has 0 aliphatic carbocycles. The van der Waals surface area contributed by atoms with Crippen molar-refractivity contribution in [3.63, 3.8) is 0 Å². The van der Waals surface area contributed by atoms with Gasteiger partial charge in [-0.05, 0) is 42.8 Å². The first-order valence-electron chi connectivity index (χ1n) is 7.61. The Kier molecular flexibility index (Phi) is 5.75. The van der Waals surface area contributed by atoms with E-state index in [0.717, 1.165) is 44.7 Å². The molecule has 0 fully saturated rings. The molecule has 5 nitrogen and oxygen atoms in total. The number of hydrogen-bond acceptors (Lipinski definition) is 4. The van der Waals surface area contributed by atoms with Gasteiger partial charge >= 0.3 is 0 Å². The summed E-state index contributed by atoms with van der Waals surface area (Å²) >= 11 is 0. The largest absolute Gasteiger partial charge is 0.309 e. The topological polar surface area (TPSA) is 61.4 Å². The number of nitrogens with zero attached hydrogens (tertiary/aromatic N) is 1. The van der Waals surface area contributed by atoms with E-state index in [2.05, 4.69) is 28.8 Å². The van der Waals surface area contributed by atoms with E-state index in [4.69, 9.17) is 0 Å². The fourth-order valence-corrected chi connectivity index (χ4v) is 3.68. The normalized spacial score (nSPS) is 14.6. The van der Waals surface area contributed by atoms with Crippen LogP contribution in [0.25, 0.3) is 0 Å². The number of fused-ring (bicyclic) bond motifs is 1. The van der Waals surface area contributed by atoms with Crippen molar-refractivity contribution in [1.82, 2.24) is 14.9 Å². The fraction of sp³-hybridized carbons (Fsp3) is 0.600. The second-order valence-corrected chi connectivity index (χ2v) is 7.13.